The topological polar surface area (TPSA) is 75.4 Å². The Morgan fingerprint density at radius 1 is 1.70 bits per heavy atom. The third kappa shape index (κ3) is 3.42. The second-order valence-corrected chi connectivity index (χ2v) is 2.65. The first-order chi connectivity index (χ1) is 4.57. The van der Waals surface area contributed by atoms with Gasteiger partial charge in [-0.2, -0.15) is 0 Å². The minimum Gasteiger partial charge on any atom is -0.327 e. The third-order valence-corrected chi connectivity index (χ3v) is 1.40. The van der Waals surface area contributed by atoms with Gasteiger partial charge in [0.05, 0.1) is 0 Å². The van der Waals surface area contributed by atoms with Crippen molar-refractivity contribution in [1.29, 1.82) is 0 Å². The molecular formula is C6H14N2O2. The summed E-state index contributed by atoms with van der Waals surface area (Å²) in [6, 6.07) is -0.174. The molecule has 0 spiro atoms. The van der Waals surface area contributed by atoms with Gasteiger partial charge in [0.15, 0.2) is 0 Å². The second-order valence-electron chi connectivity index (χ2n) is 2.65. The molecule has 0 aliphatic carbocycles. The molecule has 4 N–H and O–H groups in total. The predicted octanol–water partition coefficient (Wildman–Crippen LogP) is -0.135. The van der Waals surface area contributed by atoms with Crippen LogP contribution in [0.15, 0.2) is 0 Å². The predicted molar refractivity (Wildman–Crippen MR) is 37.4 cm³/mol. The number of nitrogens with one attached hydrogen (secondary N) is 1. The normalized spacial score (nSPS) is 13.3. The molecule has 0 heterocycles. The largest absolute Gasteiger partial charge is 0.327 e. The van der Waals surface area contributed by atoms with Crippen LogP contribution < -0.4 is 11.2 Å². The van der Waals surface area contributed by atoms with Gasteiger partial charge in [-0.3, -0.25) is 10.0 Å². The van der Waals surface area contributed by atoms with Crippen LogP contribution in [0.3, 0.4) is 0 Å². The van der Waals surface area contributed by atoms with Crippen LogP contribution in [0.25, 0.3) is 0 Å². The van der Waals surface area contributed by atoms with E-state index in [0.717, 1.165) is 0 Å². The van der Waals surface area contributed by atoms with Crippen LogP contribution in [0.5, 0.6) is 0 Å². The van der Waals surface area contributed by atoms with E-state index in [0.29, 0.717) is 0 Å². The highest BCUT2D eigenvalue weighted by atomic mass is 16.5. The molecule has 0 aromatic rings. The molecule has 0 unspecified atom stereocenters. The Morgan fingerprint density at radius 2 is 2.20 bits per heavy atom. The SMILES string of the molecule is CC(C)[C@@H](N)CC(=O)NO. The Morgan fingerprint density at radius 3 is 2.50 bits per heavy atom. The lowest BCUT2D eigenvalue weighted by Gasteiger charge is -2.13. The van der Waals surface area contributed by atoms with E-state index in [4.69, 9.17) is 10.9 Å². The van der Waals surface area contributed by atoms with Crippen LogP contribution in [0, 0.1) is 5.92 Å². The van der Waals surface area contributed by atoms with Crippen LogP contribution >= 0.6 is 0 Å². The zero-order chi connectivity index (χ0) is 8.15. The summed E-state index contributed by atoms with van der Waals surface area (Å²) in [6.07, 6.45) is 0.175. The molecule has 0 rings (SSSR count). The summed E-state index contributed by atoms with van der Waals surface area (Å²) in [5.41, 5.74) is 7.05. The molecule has 0 aromatic heterocycles. The summed E-state index contributed by atoms with van der Waals surface area (Å²) < 4.78 is 0. The Kier molecular flexibility index (Phi) is 3.99. The van der Waals surface area contributed by atoms with Gasteiger partial charge in [0, 0.05) is 12.5 Å². The fourth-order valence-electron chi connectivity index (χ4n) is 0.495. The molecule has 10 heavy (non-hydrogen) atoms. The Hall–Kier alpha value is -0.610. The lowest BCUT2D eigenvalue weighted by atomic mass is 10.0. The van der Waals surface area contributed by atoms with Crippen LogP contribution in [-0.4, -0.2) is 17.2 Å². The van der Waals surface area contributed by atoms with Gasteiger partial charge in [0.25, 0.3) is 0 Å². The molecular weight excluding hydrogens is 132 g/mol. The van der Waals surface area contributed by atoms with E-state index in [2.05, 4.69) is 0 Å². The molecule has 1 atom stereocenters. The number of carbonyl (C=O) groups excluding carboxylic acids is 1. The first kappa shape index (κ1) is 9.39. The zero-order valence-electron chi connectivity index (χ0n) is 6.29. The maximum Gasteiger partial charge on any atom is 0.244 e. The van der Waals surface area contributed by atoms with Gasteiger partial charge in [0.1, 0.15) is 0 Å². The van der Waals surface area contributed by atoms with E-state index in [1.807, 2.05) is 13.8 Å². The summed E-state index contributed by atoms with van der Waals surface area (Å²) in [6.45, 7) is 3.85. The summed E-state index contributed by atoms with van der Waals surface area (Å²) >= 11 is 0. The number of rotatable bonds is 3. The number of hydrogen-bond acceptors (Lipinski definition) is 3. The minimum absolute atomic E-state index is 0.174. The number of hydroxylamine groups is 1. The monoisotopic (exact) mass is 146 g/mol. The molecule has 0 aromatic carbocycles. The van der Waals surface area contributed by atoms with Gasteiger partial charge in [0.2, 0.25) is 5.91 Å². The van der Waals surface area contributed by atoms with Crippen molar-refractivity contribution in [3.05, 3.63) is 0 Å². The van der Waals surface area contributed by atoms with Crippen molar-refractivity contribution in [3.63, 3.8) is 0 Å². The number of carbonyl (C=O) groups is 1. The number of nitrogens with two attached hydrogens (primary N) is 1. The first-order valence-electron chi connectivity index (χ1n) is 3.26. The quantitative estimate of drug-likeness (QED) is 0.383. The highest BCUT2D eigenvalue weighted by molar-refractivity contribution is 5.75. The maximum atomic E-state index is 10.5. The lowest BCUT2D eigenvalue weighted by Crippen LogP contribution is -2.33. The minimum atomic E-state index is -0.429. The van der Waals surface area contributed by atoms with Gasteiger partial charge in [-0.1, -0.05) is 13.8 Å². The Bertz CT molecular complexity index is 114. The lowest BCUT2D eigenvalue weighted by molar-refractivity contribution is -0.129. The van der Waals surface area contributed by atoms with Crippen molar-refractivity contribution < 1.29 is 10.0 Å². The smallest absolute Gasteiger partial charge is 0.244 e. The number of amides is 1. The van der Waals surface area contributed by atoms with Crippen molar-refractivity contribution in [2.75, 3.05) is 0 Å². The molecule has 4 heteroatoms. The number of hydrogen-bond donors (Lipinski definition) is 3. The highest BCUT2D eigenvalue weighted by Crippen LogP contribution is 2.01. The summed E-state index contributed by atoms with van der Waals surface area (Å²) in [5, 5.41) is 8.11. The molecule has 0 aliphatic rings. The fraction of sp³-hybridized carbons (Fsp3) is 0.833. The van der Waals surface area contributed by atoms with E-state index in [1.54, 1.807) is 0 Å². The van der Waals surface area contributed by atoms with Crippen LogP contribution in [0.4, 0.5) is 0 Å². The summed E-state index contributed by atoms with van der Waals surface area (Å²) in [5.74, 6) is -0.168. The molecule has 0 saturated heterocycles. The highest BCUT2D eigenvalue weighted by Gasteiger charge is 2.11. The van der Waals surface area contributed by atoms with Gasteiger partial charge < -0.3 is 5.73 Å². The van der Waals surface area contributed by atoms with Gasteiger partial charge in [-0.05, 0) is 5.92 Å². The van der Waals surface area contributed by atoms with Gasteiger partial charge in [-0.25, -0.2) is 5.48 Å². The van der Waals surface area contributed by atoms with E-state index in [9.17, 15) is 4.79 Å². The molecule has 0 saturated carbocycles. The van der Waals surface area contributed by atoms with Crippen molar-refractivity contribution in [3.8, 4) is 0 Å². The Labute approximate surface area is 60.4 Å². The molecule has 60 valence electrons. The van der Waals surface area contributed by atoms with E-state index < -0.39 is 5.91 Å². The van der Waals surface area contributed by atoms with Gasteiger partial charge >= 0.3 is 0 Å². The van der Waals surface area contributed by atoms with Crippen molar-refractivity contribution in [2.24, 2.45) is 11.7 Å². The Balaban J connectivity index is 3.57. The average Bonchev–Trinajstić information content (AvgIpc) is 1.87. The van der Waals surface area contributed by atoms with E-state index >= 15 is 0 Å². The third-order valence-electron chi connectivity index (χ3n) is 1.40. The van der Waals surface area contributed by atoms with Crippen molar-refractivity contribution >= 4 is 5.91 Å². The van der Waals surface area contributed by atoms with Crippen LogP contribution in [0.2, 0.25) is 0 Å². The van der Waals surface area contributed by atoms with E-state index in [1.165, 1.54) is 5.48 Å². The molecule has 1 amide bonds. The fourth-order valence-corrected chi connectivity index (χ4v) is 0.495. The standard InChI is InChI=1S/C6H14N2O2/c1-4(2)5(7)3-6(9)8-10/h4-5,10H,3,7H2,1-2H3,(H,8,9)/t5-/m0/s1. The average molecular weight is 146 g/mol. The summed E-state index contributed by atoms with van der Waals surface area (Å²) in [7, 11) is 0. The van der Waals surface area contributed by atoms with Crippen LogP contribution in [0.1, 0.15) is 20.3 Å². The second kappa shape index (κ2) is 4.24. The van der Waals surface area contributed by atoms with Crippen molar-refractivity contribution in [2.45, 2.75) is 26.3 Å². The zero-order valence-corrected chi connectivity index (χ0v) is 6.29. The van der Waals surface area contributed by atoms with Crippen molar-refractivity contribution in [1.82, 2.24) is 5.48 Å². The van der Waals surface area contributed by atoms with Gasteiger partial charge in [-0.15, -0.1) is 0 Å². The van der Waals surface area contributed by atoms with Crippen LogP contribution in [-0.2, 0) is 4.79 Å². The molecule has 0 fully saturated rings. The van der Waals surface area contributed by atoms with E-state index in [-0.39, 0.29) is 18.4 Å². The summed E-state index contributed by atoms with van der Waals surface area (Å²) in [4.78, 5) is 10.5. The molecule has 0 aliphatic heterocycles. The molecule has 0 bridgehead atoms. The first-order valence-corrected chi connectivity index (χ1v) is 3.26. The molecule has 4 nitrogen and oxygen atoms in total. The maximum absolute atomic E-state index is 10.5. The molecule has 0 radical (unpaired) electrons.